The summed E-state index contributed by atoms with van der Waals surface area (Å²) in [7, 11) is 1.51. The lowest BCUT2D eigenvalue weighted by atomic mass is 10.1. The molecular formula is C21H23ClN4O3. The predicted molar refractivity (Wildman–Crippen MR) is 112 cm³/mol. The third-order valence-corrected chi connectivity index (χ3v) is 4.46. The molecule has 0 aliphatic heterocycles. The molecule has 0 aliphatic carbocycles. The number of nitrogens with zero attached hydrogens (tertiary/aromatic N) is 3. The molecule has 1 aromatic carbocycles. The molecule has 1 N–H and O–H groups in total. The van der Waals surface area contributed by atoms with Gasteiger partial charge in [0.2, 0.25) is 0 Å². The molecule has 0 spiro atoms. The van der Waals surface area contributed by atoms with Gasteiger partial charge in [-0.3, -0.25) is 4.79 Å². The average molecular weight is 415 g/mol. The number of carbonyl (C=O) groups is 1. The van der Waals surface area contributed by atoms with Crippen molar-refractivity contribution in [3.05, 3.63) is 59.5 Å². The first-order valence-corrected chi connectivity index (χ1v) is 9.63. The minimum absolute atomic E-state index is 0.324. The van der Waals surface area contributed by atoms with Crippen LogP contribution < -0.4 is 14.8 Å². The van der Waals surface area contributed by atoms with Crippen LogP contribution in [0, 0.1) is 5.92 Å². The normalized spacial score (nSPS) is 10.8. The smallest absolute Gasteiger partial charge is 0.255 e. The molecule has 7 nitrogen and oxygen atoms in total. The minimum atomic E-state index is -0.326. The number of hydrogen-bond donors (Lipinski definition) is 1. The van der Waals surface area contributed by atoms with Gasteiger partial charge >= 0.3 is 0 Å². The van der Waals surface area contributed by atoms with E-state index in [0.717, 1.165) is 6.42 Å². The number of rotatable bonds is 8. The van der Waals surface area contributed by atoms with Crippen molar-refractivity contribution in [1.82, 2.24) is 14.8 Å². The first-order valence-electron chi connectivity index (χ1n) is 9.25. The van der Waals surface area contributed by atoms with Crippen LogP contribution in [0.5, 0.6) is 11.5 Å². The van der Waals surface area contributed by atoms with Gasteiger partial charge in [-0.25, -0.2) is 9.67 Å². The number of nitrogens with one attached hydrogen (secondary N) is 1. The van der Waals surface area contributed by atoms with Gasteiger partial charge in [-0.05, 0) is 42.7 Å². The molecule has 8 heteroatoms. The van der Waals surface area contributed by atoms with E-state index in [0.29, 0.717) is 46.1 Å². The summed E-state index contributed by atoms with van der Waals surface area (Å²) >= 11 is 6.35. The minimum Gasteiger partial charge on any atom is -0.493 e. The van der Waals surface area contributed by atoms with Crippen molar-refractivity contribution in [3.63, 3.8) is 0 Å². The zero-order valence-electron chi connectivity index (χ0n) is 16.6. The predicted octanol–water partition coefficient (Wildman–Crippen LogP) is 4.61. The third-order valence-electron chi connectivity index (χ3n) is 4.18. The Labute approximate surface area is 174 Å². The number of ether oxygens (including phenoxy) is 2. The molecule has 0 atom stereocenters. The van der Waals surface area contributed by atoms with Crippen LogP contribution in [0.1, 0.15) is 30.6 Å². The second kappa shape index (κ2) is 9.43. The van der Waals surface area contributed by atoms with Gasteiger partial charge in [0.1, 0.15) is 0 Å². The lowest BCUT2D eigenvalue weighted by molar-refractivity contribution is 0.102. The van der Waals surface area contributed by atoms with E-state index in [1.54, 1.807) is 47.5 Å². The highest BCUT2D eigenvalue weighted by Gasteiger charge is 2.16. The Balaban J connectivity index is 1.72. The summed E-state index contributed by atoms with van der Waals surface area (Å²) in [5, 5.41) is 7.24. The highest BCUT2D eigenvalue weighted by Crippen LogP contribution is 2.36. The molecule has 0 radical (unpaired) electrons. The van der Waals surface area contributed by atoms with E-state index >= 15 is 0 Å². The van der Waals surface area contributed by atoms with Gasteiger partial charge in [0.15, 0.2) is 17.3 Å². The first kappa shape index (κ1) is 20.7. The van der Waals surface area contributed by atoms with Gasteiger partial charge in [0.05, 0.1) is 30.6 Å². The maximum atomic E-state index is 12.7. The largest absolute Gasteiger partial charge is 0.493 e. The van der Waals surface area contributed by atoms with Crippen molar-refractivity contribution in [2.45, 2.75) is 20.3 Å². The van der Waals surface area contributed by atoms with Crippen molar-refractivity contribution in [1.29, 1.82) is 0 Å². The summed E-state index contributed by atoms with van der Waals surface area (Å²) in [6.45, 7) is 4.76. The van der Waals surface area contributed by atoms with E-state index in [9.17, 15) is 4.79 Å². The van der Waals surface area contributed by atoms with Crippen LogP contribution in [0.15, 0.2) is 48.9 Å². The highest BCUT2D eigenvalue weighted by atomic mass is 35.5. The standard InChI is InChI=1S/C21H23ClN4O3/c1-14(2)7-10-29-20-17(22)11-15(12-18(20)28-3)21(27)25-16-5-6-19(23-13-16)26-9-4-8-24-26/h4-6,8-9,11-14H,7,10H2,1-3H3,(H,25,27). The average Bonchev–Trinajstić information content (AvgIpc) is 3.24. The molecule has 3 aromatic rings. The molecule has 1 amide bonds. The van der Waals surface area contributed by atoms with Crippen molar-refractivity contribution < 1.29 is 14.3 Å². The van der Waals surface area contributed by atoms with Crippen LogP contribution in [-0.4, -0.2) is 34.4 Å². The summed E-state index contributed by atoms with van der Waals surface area (Å²) in [6, 6.07) is 8.50. The van der Waals surface area contributed by atoms with Crippen molar-refractivity contribution >= 4 is 23.2 Å². The maximum Gasteiger partial charge on any atom is 0.255 e. The Hall–Kier alpha value is -3.06. The van der Waals surface area contributed by atoms with E-state index in [-0.39, 0.29) is 5.91 Å². The highest BCUT2D eigenvalue weighted by molar-refractivity contribution is 6.32. The van der Waals surface area contributed by atoms with E-state index in [4.69, 9.17) is 21.1 Å². The number of methoxy groups -OCH3 is 1. The van der Waals surface area contributed by atoms with E-state index < -0.39 is 0 Å². The maximum absolute atomic E-state index is 12.7. The molecule has 0 unspecified atom stereocenters. The molecule has 0 saturated carbocycles. The summed E-state index contributed by atoms with van der Waals surface area (Å²) in [6.07, 6.45) is 5.92. The van der Waals surface area contributed by atoms with Gasteiger partial charge in [-0.2, -0.15) is 5.10 Å². The number of hydrogen-bond acceptors (Lipinski definition) is 5. The zero-order chi connectivity index (χ0) is 20.8. The molecule has 29 heavy (non-hydrogen) atoms. The summed E-state index contributed by atoms with van der Waals surface area (Å²) in [5.74, 6) is 1.70. The van der Waals surface area contributed by atoms with Crippen molar-refractivity contribution in [2.75, 3.05) is 19.0 Å². The number of halogens is 1. The second-order valence-electron chi connectivity index (χ2n) is 6.83. The number of aromatic nitrogens is 3. The molecule has 0 bridgehead atoms. The fraction of sp³-hybridized carbons (Fsp3) is 0.286. The fourth-order valence-electron chi connectivity index (χ4n) is 2.59. The van der Waals surface area contributed by atoms with Crippen LogP contribution in [0.3, 0.4) is 0 Å². The summed E-state index contributed by atoms with van der Waals surface area (Å²) < 4.78 is 12.8. The van der Waals surface area contributed by atoms with Gasteiger partial charge in [-0.1, -0.05) is 25.4 Å². The van der Waals surface area contributed by atoms with Gasteiger partial charge in [0.25, 0.3) is 5.91 Å². The van der Waals surface area contributed by atoms with Gasteiger partial charge in [0, 0.05) is 18.0 Å². The van der Waals surface area contributed by atoms with Gasteiger partial charge in [-0.15, -0.1) is 0 Å². The van der Waals surface area contributed by atoms with Gasteiger partial charge < -0.3 is 14.8 Å². The molecule has 0 saturated heterocycles. The van der Waals surface area contributed by atoms with Crippen LogP contribution in [0.25, 0.3) is 5.82 Å². The molecule has 2 aromatic heterocycles. The molecule has 2 heterocycles. The van der Waals surface area contributed by atoms with E-state index in [1.165, 1.54) is 7.11 Å². The van der Waals surface area contributed by atoms with Crippen LogP contribution >= 0.6 is 11.6 Å². The monoisotopic (exact) mass is 414 g/mol. The zero-order valence-corrected chi connectivity index (χ0v) is 17.3. The second-order valence-corrected chi connectivity index (χ2v) is 7.24. The van der Waals surface area contributed by atoms with E-state index in [2.05, 4.69) is 29.2 Å². The lowest BCUT2D eigenvalue weighted by Gasteiger charge is -2.15. The van der Waals surface area contributed by atoms with E-state index in [1.807, 2.05) is 6.07 Å². The Bertz CT molecular complexity index is 957. The Morgan fingerprint density at radius 3 is 2.76 bits per heavy atom. The van der Waals surface area contributed by atoms with Crippen molar-refractivity contribution in [3.8, 4) is 17.3 Å². The Morgan fingerprint density at radius 2 is 2.14 bits per heavy atom. The molecule has 0 fully saturated rings. The number of amides is 1. The SMILES string of the molecule is COc1cc(C(=O)Nc2ccc(-n3cccn3)nc2)cc(Cl)c1OCCC(C)C. The number of benzene rings is 1. The fourth-order valence-corrected chi connectivity index (χ4v) is 2.86. The third kappa shape index (κ3) is 5.26. The van der Waals surface area contributed by atoms with Crippen LogP contribution in [0.2, 0.25) is 5.02 Å². The first-order chi connectivity index (χ1) is 14.0. The Kier molecular flexibility index (Phi) is 6.72. The number of pyridine rings is 1. The van der Waals surface area contributed by atoms with Crippen molar-refractivity contribution in [2.24, 2.45) is 5.92 Å². The molecule has 0 aliphatic rings. The number of carbonyl (C=O) groups excluding carboxylic acids is 1. The Morgan fingerprint density at radius 1 is 1.31 bits per heavy atom. The molecule has 3 rings (SSSR count). The molecule has 152 valence electrons. The number of anilines is 1. The lowest BCUT2D eigenvalue weighted by Crippen LogP contribution is -2.13. The van der Waals surface area contributed by atoms with Crippen LogP contribution in [-0.2, 0) is 0 Å². The summed E-state index contributed by atoms with van der Waals surface area (Å²) in [4.78, 5) is 16.9. The molecular weight excluding hydrogens is 392 g/mol. The van der Waals surface area contributed by atoms with Crippen LogP contribution in [0.4, 0.5) is 5.69 Å². The topological polar surface area (TPSA) is 78.3 Å². The summed E-state index contributed by atoms with van der Waals surface area (Å²) in [5.41, 5.74) is 0.914. The quantitative estimate of drug-likeness (QED) is 0.582.